The van der Waals surface area contributed by atoms with E-state index in [4.69, 9.17) is 4.74 Å². The number of phenolic OH excluding ortho intramolecular Hbond substituents is 1. The topological polar surface area (TPSA) is 41.5 Å². The molecule has 0 aliphatic carbocycles. The first-order valence-electron chi connectivity index (χ1n) is 5.83. The lowest BCUT2D eigenvalue weighted by atomic mass is 9.94. The second-order valence-electron chi connectivity index (χ2n) is 4.52. The van der Waals surface area contributed by atoms with Gasteiger partial charge in [-0.1, -0.05) is 6.07 Å². The first-order valence-corrected chi connectivity index (χ1v) is 5.83. The number of nitrogens with one attached hydrogen (secondary N) is 1. The summed E-state index contributed by atoms with van der Waals surface area (Å²) in [5.41, 5.74) is 2.49. The number of rotatable bonds is 3. The molecular weight excluding hydrogens is 202 g/mol. The number of benzene rings is 1. The molecule has 3 nitrogen and oxygen atoms in total. The van der Waals surface area contributed by atoms with Crippen molar-refractivity contribution in [2.75, 3.05) is 13.2 Å². The van der Waals surface area contributed by atoms with Crippen LogP contribution in [0.2, 0.25) is 0 Å². The van der Waals surface area contributed by atoms with Crippen molar-refractivity contribution >= 4 is 0 Å². The summed E-state index contributed by atoms with van der Waals surface area (Å²) in [6, 6.07) is 5.81. The SMILES string of the molecule is CC(C)OCC1NCCc2ccc(O)cc21. The fourth-order valence-electron chi connectivity index (χ4n) is 2.06. The second-order valence-corrected chi connectivity index (χ2v) is 4.52. The number of hydrogen-bond acceptors (Lipinski definition) is 3. The Morgan fingerprint density at radius 3 is 3.06 bits per heavy atom. The van der Waals surface area contributed by atoms with E-state index in [0.717, 1.165) is 13.0 Å². The zero-order valence-electron chi connectivity index (χ0n) is 9.86. The third-order valence-electron chi connectivity index (χ3n) is 2.89. The second kappa shape index (κ2) is 4.85. The summed E-state index contributed by atoms with van der Waals surface area (Å²) in [5.74, 6) is 0.331. The molecule has 2 N–H and O–H groups in total. The van der Waals surface area contributed by atoms with E-state index in [1.807, 2.05) is 26.0 Å². The van der Waals surface area contributed by atoms with Crippen LogP contribution < -0.4 is 5.32 Å². The number of phenols is 1. The zero-order valence-corrected chi connectivity index (χ0v) is 9.86. The standard InChI is InChI=1S/C13H19NO2/c1-9(2)16-8-13-12-7-11(15)4-3-10(12)5-6-14-13/h3-4,7,9,13-15H,5-6,8H2,1-2H3. The maximum atomic E-state index is 9.51. The average Bonchev–Trinajstić information content (AvgIpc) is 2.26. The van der Waals surface area contributed by atoms with E-state index in [2.05, 4.69) is 5.32 Å². The summed E-state index contributed by atoms with van der Waals surface area (Å²) >= 11 is 0. The quantitative estimate of drug-likeness (QED) is 0.820. The van der Waals surface area contributed by atoms with Crippen molar-refractivity contribution in [3.63, 3.8) is 0 Å². The highest BCUT2D eigenvalue weighted by Gasteiger charge is 2.20. The monoisotopic (exact) mass is 221 g/mol. The van der Waals surface area contributed by atoms with Gasteiger partial charge in [0.15, 0.2) is 0 Å². The van der Waals surface area contributed by atoms with Gasteiger partial charge in [-0.05, 0) is 50.1 Å². The highest BCUT2D eigenvalue weighted by Crippen LogP contribution is 2.26. The molecule has 1 atom stereocenters. The van der Waals surface area contributed by atoms with E-state index in [1.54, 1.807) is 6.07 Å². The van der Waals surface area contributed by atoms with Crippen LogP contribution in [-0.2, 0) is 11.2 Å². The molecule has 0 radical (unpaired) electrons. The molecule has 0 saturated carbocycles. The predicted molar refractivity (Wildman–Crippen MR) is 63.6 cm³/mol. The van der Waals surface area contributed by atoms with Crippen molar-refractivity contribution < 1.29 is 9.84 Å². The molecule has 1 aromatic carbocycles. The van der Waals surface area contributed by atoms with Gasteiger partial charge in [-0.25, -0.2) is 0 Å². The van der Waals surface area contributed by atoms with Gasteiger partial charge in [0.25, 0.3) is 0 Å². The summed E-state index contributed by atoms with van der Waals surface area (Å²) in [5, 5.41) is 12.9. The zero-order chi connectivity index (χ0) is 11.5. The summed E-state index contributed by atoms with van der Waals surface area (Å²) in [6.45, 7) is 5.70. The van der Waals surface area contributed by atoms with Gasteiger partial charge in [-0.3, -0.25) is 0 Å². The van der Waals surface area contributed by atoms with E-state index in [9.17, 15) is 5.11 Å². The maximum Gasteiger partial charge on any atom is 0.115 e. The fourth-order valence-corrected chi connectivity index (χ4v) is 2.06. The lowest BCUT2D eigenvalue weighted by Crippen LogP contribution is -2.33. The molecule has 0 aromatic heterocycles. The first kappa shape index (κ1) is 11.4. The van der Waals surface area contributed by atoms with Crippen molar-refractivity contribution in [3.05, 3.63) is 29.3 Å². The van der Waals surface area contributed by atoms with Crippen LogP contribution >= 0.6 is 0 Å². The molecule has 88 valence electrons. The third-order valence-corrected chi connectivity index (χ3v) is 2.89. The summed E-state index contributed by atoms with van der Waals surface area (Å²) in [7, 11) is 0. The molecule has 16 heavy (non-hydrogen) atoms. The molecule has 0 bridgehead atoms. The van der Waals surface area contributed by atoms with Gasteiger partial charge in [0.05, 0.1) is 18.8 Å². The third kappa shape index (κ3) is 2.54. The van der Waals surface area contributed by atoms with Gasteiger partial charge >= 0.3 is 0 Å². The van der Waals surface area contributed by atoms with Crippen LogP contribution in [0.5, 0.6) is 5.75 Å². The molecule has 1 heterocycles. The lowest BCUT2D eigenvalue weighted by Gasteiger charge is -2.27. The minimum absolute atomic E-state index is 0.207. The Morgan fingerprint density at radius 1 is 1.50 bits per heavy atom. The number of hydrogen-bond donors (Lipinski definition) is 2. The van der Waals surface area contributed by atoms with Crippen molar-refractivity contribution in [3.8, 4) is 5.75 Å². The predicted octanol–water partition coefficient (Wildman–Crippen LogP) is 2.00. The van der Waals surface area contributed by atoms with Gasteiger partial charge in [0.1, 0.15) is 5.75 Å². The van der Waals surface area contributed by atoms with Crippen LogP contribution in [-0.4, -0.2) is 24.4 Å². The maximum absolute atomic E-state index is 9.51. The molecule has 1 unspecified atom stereocenters. The Hall–Kier alpha value is -1.06. The molecule has 3 heteroatoms. The molecular formula is C13H19NO2. The van der Waals surface area contributed by atoms with E-state index in [0.29, 0.717) is 12.4 Å². The molecule has 1 aliphatic rings. The van der Waals surface area contributed by atoms with Crippen LogP contribution in [0.4, 0.5) is 0 Å². The van der Waals surface area contributed by atoms with Crippen LogP contribution in [0, 0.1) is 0 Å². The van der Waals surface area contributed by atoms with Gasteiger partial charge < -0.3 is 15.2 Å². The van der Waals surface area contributed by atoms with E-state index in [-0.39, 0.29) is 12.1 Å². The molecule has 2 rings (SSSR count). The van der Waals surface area contributed by atoms with E-state index >= 15 is 0 Å². The first-order chi connectivity index (χ1) is 7.66. The van der Waals surface area contributed by atoms with Crippen molar-refractivity contribution in [1.82, 2.24) is 5.32 Å². The van der Waals surface area contributed by atoms with Gasteiger partial charge in [-0.15, -0.1) is 0 Å². The Kier molecular flexibility index (Phi) is 3.46. The smallest absolute Gasteiger partial charge is 0.115 e. The Morgan fingerprint density at radius 2 is 2.31 bits per heavy atom. The number of aromatic hydroxyl groups is 1. The Bertz CT molecular complexity index is 363. The van der Waals surface area contributed by atoms with Crippen LogP contribution in [0.3, 0.4) is 0 Å². The van der Waals surface area contributed by atoms with Crippen molar-refractivity contribution in [2.45, 2.75) is 32.4 Å². The van der Waals surface area contributed by atoms with Gasteiger partial charge in [0.2, 0.25) is 0 Å². The number of fused-ring (bicyclic) bond motifs is 1. The van der Waals surface area contributed by atoms with Crippen LogP contribution in [0.25, 0.3) is 0 Å². The highest BCUT2D eigenvalue weighted by atomic mass is 16.5. The van der Waals surface area contributed by atoms with Crippen LogP contribution in [0.1, 0.15) is 31.0 Å². The number of ether oxygens (including phenoxy) is 1. The minimum atomic E-state index is 0.207. The highest BCUT2D eigenvalue weighted by molar-refractivity contribution is 5.38. The fraction of sp³-hybridized carbons (Fsp3) is 0.538. The van der Waals surface area contributed by atoms with E-state index < -0.39 is 0 Å². The summed E-state index contributed by atoms with van der Waals surface area (Å²) in [6.07, 6.45) is 1.26. The molecule has 0 spiro atoms. The normalized spacial score (nSPS) is 19.8. The Balaban J connectivity index is 2.15. The summed E-state index contributed by atoms with van der Waals surface area (Å²) in [4.78, 5) is 0. The van der Waals surface area contributed by atoms with Gasteiger partial charge in [0, 0.05) is 0 Å². The molecule has 0 amide bonds. The van der Waals surface area contributed by atoms with Crippen molar-refractivity contribution in [1.29, 1.82) is 0 Å². The van der Waals surface area contributed by atoms with Gasteiger partial charge in [-0.2, -0.15) is 0 Å². The summed E-state index contributed by atoms with van der Waals surface area (Å²) < 4.78 is 5.63. The molecule has 0 fully saturated rings. The van der Waals surface area contributed by atoms with E-state index in [1.165, 1.54) is 11.1 Å². The average molecular weight is 221 g/mol. The van der Waals surface area contributed by atoms with Crippen LogP contribution in [0.15, 0.2) is 18.2 Å². The molecule has 1 aliphatic heterocycles. The Labute approximate surface area is 96.4 Å². The molecule has 0 saturated heterocycles. The minimum Gasteiger partial charge on any atom is -0.508 e. The lowest BCUT2D eigenvalue weighted by molar-refractivity contribution is 0.0598. The largest absolute Gasteiger partial charge is 0.508 e. The van der Waals surface area contributed by atoms with Crippen molar-refractivity contribution in [2.24, 2.45) is 0 Å². The molecule has 1 aromatic rings.